The van der Waals surface area contributed by atoms with Crippen molar-refractivity contribution >= 4 is 41.0 Å². The molecule has 0 fully saturated rings. The molecule has 0 bridgehead atoms. The van der Waals surface area contributed by atoms with Crippen LogP contribution in [0.15, 0.2) is 48.5 Å². The van der Waals surface area contributed by atoms with Gasteiger partial charge in [0.1, 0.15) is 0 Å². The Hall–Kier alpha value is -1.10. The molecular formula is C19H22ClNOS2. The Bertz CT molecular complexity index is 629. The van der Waals surface area contributed by atoms with E-state index in [9.17, 15) is 4.79 Å². The van der Waals surface area contributed by atoms with Gasteiger partial charge < -0.3 is 5.32 Å². The zero-order valence-electron chi connectivity index (χ0n) is 13.8. The Kier molecular flexibility index (Phi) is 8.57. The molecule has 0 radical (unpaired) electrons. The molecule has 0 aliphatic heterocycles. The van der Waals surface area contributed by atoms with E-state index in [1.54, 1.807) is 11.8 Å². The summed E-state index contributed by atoms with van der Waals surface area (Å²) in [5, 5.41) is 3.71. The lowest BCUT2D eigenvalue weighted by Crippen LogP contribution is -2.27. The monoisotopic (exact) mass is 379 g/mol. The fourth-order valence-corrected chi connectivity index (χ4v) is 3.79. The van der Waals surface area contributed by atoms with Crippen LogP contribution in [-0.4, -0.2) is 24.0 Å². The SMILES string of the molecule is Cc1ccc(CSCCNC(=O)CSCc2ccc(Cl)cc2)cc1. The van der Waals surface area contributed by atoms with E-state index in [-0.39, 0.29) is 5.91 Å². The van der Waals surface area contributed by atoms with Gasteiger partial charge in [-0.1, -0.05) is 53.6 Å². The number of hydrogen-bond acceptors (Lipinski definition) is 3. The van der Waals surface area contributed by atoms with Gasteiger partial charge in [0.2, 0.25) is 5.91 Å². The molecule has 0 unspecified atom stereocenters. The molecule has 2 nitrogen and oxygen atoms in total. The zero-order valence-corrected chi connectivity index (χ0v) is 16.1. The summed E-state index contributed by atoms with van der Waals surface area (Å²) >= 11 is 9.31. The molecule has 0 aliphatic rings. The summed E-state index contributed by atoms with van der Waals surface area (Å²) in [7, 11) is 0. The first-order valence-corrected chi connectivity index (χ1v) is 10.5. The number of carbonyl (C=O) groups is 1. The van der Waals surface area contributed by atoms with Crippen molar-refractivity contribution in [1.82, 2.24) is 5.32 Å². The molecule has 0 aromatic heterocycles. The molecular weight excluding hydrogens is 358 g/mol. The fraction of sp³-hybridized carbons (Fsp3) is 0.316. The molecule has 2 rings (SSSR count). The molecule has 5 heteroatoms. The van der Waals surface area contributed by atoms with Gasteiger partial charge in [-0.15, -0.1) is 11.8 Å². The molecule has 0 spiro atoms. The second-order valence-corrected chi connectivity index (χ2v) is 8.03. The second-order valence-electron chi connectivity index (χ2n) is 5.51. The molecule has 1 N–H and O–H groups in total. The van der Waals surface area contributed by atoms with Crippen molar-refractivity contribution in [3.8, 4) is 0 Å². The first-order chi connectivity index (χ1) is 11.6. The van der Waals surface area contributed by atoms with Gasteiger partial charge in [0.15, 0.2) is 0 Å². The number of halogens is 1. The lowest BCUT2D eigenvalue weighted by Gasteiger charge is -2.06. The lowest BCUT2D eigenvalue weighted by atomic mass is 10.2. The quantitative estimate of drug-likeness (QED) is 0.626. The van der Waals surface area contributed by atoms with Crippen molar-refractivity contribution < 1.29 is 4.79 Å². The molecule has 2 aromatic rings. The Morgan fingerprint density at radius 2 is 1.54 bits per heavy atom. The lowest BCUT2D eigenvalue weighted by molar-refractivity contribution is -0.118. The number of amides is 1. The van der Waals surface area contributed by atoms with Crippen molar-refractivity contribution in [2.45, 2.75) is 18.4 Å². The third kappa shape index (κ3) is 7.65. The van der Waals surface area contributed by atoms with Crippen LogP contribution in [0.3, 0.4) is 0 Å². The standard InChI is InChI=1S/C19H22ClNOS2/c1-15-2-4-16(5-3-15)12-23-11-10-21-19(22)14-24-13-17-6-8-18(20)9-7-17/h2-9H,10-14H2,1H3,(H,21,22). The zero-order chi connectivity index (χ0) is 17.2. The number of nitrogens with one attached hydrogen (secondary N) is 1. The largest absolute Gasteiger partial charge is 0.355 e. The topological polar surface area (TPSA) is 29.1 Å². The van der Waals surface area contributed by atoms with Gasteiger partial charge in [0.05, 0.1) is 5.75 Å². The minimum Gasteiger partial charge on any atom is -0.355 e. The summed E-state index contributed by atoms with van der Waals surface area (Å²) in [6.07, 6.45) is 0. The van der Waals surface area contributed by atoms with Gasteiger partial charge in [-0.3, -0.25) is 4.79 Å². The Balaban J connectivity index is 1.51. The van der Waals surface area contributed by atoms with Gasteiger partial charge in [0.25, 0.3) is 0 Å². The van der Waals surface area contributed by atoms with Gasteiger partial charge in [0, 0.05) is 28.8 Å². The Morgan fingerprint density at radius 3 is 2.21 bits per heavy atom. The van der Waals surface area contributed by atoms with Crippen LogP contribution in [-0.2, 0) is 16.3 Å². The third-order valence-corrected chi connectivity index (χ3v) is 5.66. The molecule has 0 aliphatic carbocycles. The average molecular weight is 380 g/mol. The normalized spacial score (nSPS) is 10.6. The molecule has 24 heavy (non-hydrogen) atoms. The highest BCUT2D eigenvalue weighted by molar-refractivity contribution is 7.99. The highest BCUT2D eigenvalue weighted by atomic mass is 35.5. The maximum absolute atomic E-state index is 11.8. The minimum absolute atomic E-state index is 0.102. The molecule has 0 atom stereocenters. The summed E-state index contributed by atoms with van der Waals surface area (Å²) in [4.78, 5) is 11.8. The minimum atomic E-state index is 0.102. The molecule has 0 saturated carbocycles. The Labute approximate surface area is 157 Å². The van der Waals surface area contributed by atoms with Crippen molar-refractivity contribution in [2.24, 2.45) is 0 Å². The van der Waals surface area contributed by atoms with Crippen LogP contribution < -0.4 is 5.32 Å². The van der Waals surface area contributed by atoms with Crippen molar-refractivity contribution in [2.75, 3.05) is 18.1 Å². The van der Waals surface area contributed by atoms with E-state index >= 15 is 0 Å². The van der Waals surface area contributed by atoms with Gasteiger partial charge in [-0.05, 0) is 30.2 Å². The summed E-state index contributed by atoms with van der Waals surface area (Å²) in [6, 6.07) is 16.3. The Morgan fingerprint density at radius 1 is 0.958 bits per heavy atom. The van der Waals surface area contributed by atoms with Crippen LogP contribution in [0, 0.1) is 6.92 Å². The first kappa shape index (κ1) is 19.2. The average Bonchev–Trinajstić information content (AvgIpc) is 2.58. The number of carbonyl (C=O) groups excluding carboxylic acids is 1. The summed E-state index contributed by atoms with van der Waals surface area (Å²) in [5.41, 5.74) is 3.80. The number of thioether (sulfide) groups is 2. The smallest absolute Gasteiger partial charge is 0.230 e. The van der Waals surface area contributed by atoms with Crippen molar-refractivity contribution in [3.05, 3.63) is 70.2 Å². The van der Waals surface area contributed by atoms with E-state index in [1.807, 2.05) is 36.0 Å². The van der Waals surface area contributed by atoms with Crippen molar-refractivity contribution in [3.63, 3.8) is 0 Å². The van der Waals surface area contributed by atoms with Crippen LogP contribution in [0.4, 0.5) is 0 Å². The van der Waals surface area contributed by atoms with E-state index < -0.39 is 0 Å². The molecule has 0 heterocycles. The van der Waals surface area contributed by atoms with Gasteiger partial charge in [-0.25, -0.2) is 0 Å². The van der Waals surface area contributed by atoms with Crippen LogP contribution in [0.25, 0.3) is 0 Å². The van der Waals surface area contributed by atoms with E-state index in [4.69, 9.17) is 11.6 Å². The predicted molar refractivity (Wildman–Crippen MR) is 108 cm³/mol. The van der Waals surface area contributed by atoms with Crippen LogP contribution >= 0.6 is 35.1 Å². The summed E-state index contributed by atoms with van der Waals surface area (Å²) in [5.74, 6) is 3.34. The van der Waals surface area contributed by atoms with E-state index in [1.165, 1.54) is 16.7 Å². The van der Waals surface area contributed by atoms with Gasteiger partial charge in [-0.2, -0.15) is 11.8 Å². The highest BCUT2D eigenvalue weighted by Gasteiger charge is 2.02. The van der Waals surface area contributed by atoms with Gasteiger partial charge >= 0.3 is 0 Å². The van der Waals surface area contributed by atoms with Crippen molar-refractivity contribution in [1.29, 1.82) is 0 Å². The summed E-state index contributed by atoms with van der Waals surface area (Å²) < 4.78 is 0. The maximum atomic E-state index is 11.8. The summed E-state index contributed by atoms with van der Waals surface area (Å²) in [6.45, 7) is 2.81. The predicted octanol–water partition coefficient (Wildman–Crippen LogP) is 4.93. The molecule has 0 saturated heterocycles. The molecule has 128 valence electrons. The number of aryl methyl sites for hydroxylation is 1. The second kappa shape index (κ2) is 10.7. The van der Waals surface area contributed by atoms with Crippen LogP contribution in [0.5, 0.6) is 0 Å². The number of rotatable bonds is 9. The number of hydrogen-bond donors (Lipinski definition) is 1. The van der Waals surface area contributed by atoms with Crippen LogP contribution in [0.2, 0.25) is 5.02 Å². The van der Waals surface area contributed by atoms with E-state index in [2.05, 4.69) is 36.5 Å². The highest BCUT2D eigenvalue weighted by Crippen LogP contribution is 2.15. The van der Waals surface area contributed by atoms with E-state index in [0.717, 1.165) is 28.8 Å². The third-order valence-electron chi connectivity index (χ3n) is 3.37. The molecule has 2 aromatic carbocycles. The molecule has 1 amide bonds. The maximum Gasteiger partial charge on any atom is 0.230 e. The first-order valence-electron chi connectivity index (χ1n) is 7.85. The fourth-order valence-electron chi connectivity index (χ4n) is 2.03. The van der Waals surface area contributed by atoms with E-state index in [0.29, 0.717) is 5.75 Å². The number of benzene rings is 2. The van der Waals surface area contributed by atoms with Crippen LogP contribution in [0.1, 0.15) is 16.7 Å².